The van der Waals surface area contributed by atoms with Gasteiger partial charge in [0.25, 0.3) is 5.91 Å². The first kappa shape index (κ1) is 16.3. The number of rotatable bonds is 3. The zero-order valence-corrected chi connectivity index (χ0v) is 14.1. The van der Waals surface area contributed by atoms with Gasteiger partial charge >= 0.3 is 0 Å². The molecule has 3 aromatic rings. The van der Waals surface area contributed by atoms with Gasteiger partial charge in [-0.1, -0.05) is 12.1 Å². The van der Waals surface area contributed by atoms with E-state index in [2.05, 4.69) is 14.9 Å². The maximum atomic E-state index is 14.0. The lowest BCUT2D eigenvalue weighted by molar-refractivity contribution is 0.100. The summed E-state index contributed by atoms with van der Waals surface area (Å²) in [5.41, 5.74) is 7.98. The van der Waals surface area contributed by atoms with E-state index in [-0.39, 0.29) is 5.82 Å². The Kier molecular flexibility index (Phi) is 4.12. The zero-order valence-electron chi connectivity index (χ0n) is 14.1. The Balaban J connectivity index is 1.62. The number of benzene rings is 2. The van der Waals surface area contributed by atoms with Crippen molar-refractivity contribution >= 4 is 28.2 Å². The molecule has 2 N–H and O–H groups in total. The van der Waals surface area contributed by atoms with Gasteiger partial charge in [-0.2, -0.15) is 0 Å². The van der Waals surface area contributed by atoms with Crippen LogP contribution in [-0.4, -0.2) is 42.1 Å². The summed E-state index contributed by atoms with van der Waals surface area (Å²) in [6, 6.07) is 10.4. The van der Waals surface area contributed by atoms with Gasteiger partial charge < -0.3 is 15.5 Å². The first-order valence-corrected chi connectivity index (χ1v) is 8.42. The maximum Gasteiger partial charge on any atom is 0.250 e. The van der Waals surface area contributed by atoms with Crippen LogP contribution in [0.25, 0.3) is 10.9 Å². The first-order valence-electron chi connectivity index (χ1n) is 8.42. The minimum Gasteiger partial charge on any atom is -0.367 e. The van der Waals surface area contributed by atoms with Crippen LogP contribution in [0.2, 0.25) is 0 Å². The standard InChI is InChI=1S/C19H18FN5O/c20-15-3-1-2-4-17(15)25-9-7-24(8-10-25)16-6-5-13(19(21)26)18-14(16)11-22-12-23-18/h1-6,11-12H,7-10H2,(H2,21,26). The van der Waals surface area contributed by atoms with E-state index in [4.69, 9.17) is 5.73 Å². The summed E-state index contributed by atoms with van der Waals surface area (Å²) in [4.78, 5) is 24.2. The molecule has 0 spiro atoms. The van der Waals surface area contributed by atoms with Crippen LogP contribution >= 0.6 is 0 Å². The Morgan fingerprint density at radius 3 is 2.38 bits per heavy atom. The molecule has 1 fully saturated rings. The molecule has 1 aliphatic heterocycles. The quantitative estimate of drug-likeness (QED) is 0.783. The fraction of sp³-hybridized carbons (Fsp3) is 0.211. The van der Waals surface area contributed by atoms with Gasteiger partial charge in [-0.05, 0) is 24.3 Å². The molecule has 1 aliphatic rings. The van der Waals surface area contributed by atoms with Gasteiger partial charge in [0.05, 0.1) is 16.8 Å². The number of carbonyl (C=O) groups is 1. The third-order valence-corrected chi connectivity index (χ3v) is 4.73. The lowest BCUT2D eigenvalue weighted by atomic mass is 10.1. The summed E-state index contributed by atoms with van der Waals surface area (Å²) in [6.07, 6.45) is 3.11. The van der Waals surface area contributed by atoms with Crippen LogP contribution in [0.4, 0.5) is 15.8 Å². The molecular weight excluding hydrogens is 333 g/mol. The average molecular weight is 351 g/mol. The zero-order chi connectivity index (χ0) is 18.1. The van der Waals surface area contributed by atoms with Crippen LogP contribution in [0.1, 0.15) is 10.4 Å². The smallest absolute Gasteiger partial charge is 0.250 e. The van der Waals surface area contributed by atoms with E-state index in [1.54, 1.807) is 24.4 Å². The number of para-hydroxylation sites is 1. The Hall–Kier alpha value is -3.22. The SMILES string of the molecule is NC(=O)c1ccc(N2CCN(c3ccccc3F)CC2)c2cncnc12. The molecule has 4 rings (SSSR count). The monoisotopic (exact) mass is 351 g/mol. The van der Waals surface area contributed by atoms with Crippen molar-refractivity contribution in [3.05, 3.63) is 60.3 Å². The van der Waals surface area contributed by atoms with Crippen molar-refractivity contribution in [3.63, 3.8) is 0 Å². The molecule has 0 aliphatic carbocycles. The molecule has 0 radical (unpaired) electrons. The summed E-state index contributed by atoms with van der Waals surface area (Å²) in [6.45, 7) is 2.86. The van der Waals surface area contributed by atoms with Crippen molar-refractivity contribution in [2.45, 2.75) is 0 Å². The second kappa shape index (κ2) is 6.59. The Labute approximate surface area is 150 Å². The van der Waals surface area contributed by atoms with Gasteiger partial charge in [-0.25, -0.2) is 14.4 Å². The van der Waals surface area contributed by atoms with E-state index in [0.29, 0.717) is 29.9 Å². The van der Waals surface area contributed by atoms with Crippen molar-refractivity contribution in [1.29, 1.82) is 0 Å². The molecule has 0 saturated carbocycles. The molecule has 0 bridgehead atoms. The molecule has 0 atom stereocenters. The van der Waals surface area contributed by atoms with Gasteiger partial charge in [0.15, 0.2) is 0 Å². The number of hydrogen-bond donors (Lipinski definition) is 1. The molecule has 1 aromatic heterocycles. The maximum absolute atomic E-state index is 14.0. The van der Waals surface area contributed by atoms with Gasteiger partial charge in [-0.15, -0.1) is 0 Å². The number of aromatic nitrogens is 2. The minimum absolute atomic E-state index is 0.203. The highest BCUT2D eigenvalue weighted by atomic mass is 19.1. The van der Waals surface area contributed by atoms with Gasteiger partial charge in [0, 0.05) is 43.4 Å². The summed E-state index contributed by atoms with van der Waals surface area (Å²) in [5.74, 6) is -0.713. The molecule has 1 amide bonds. The second-order valence-corrected chi connectivity index (χ2v) is 6.21. The van der Waals surface area contributed by atoms with Crippen LogP contribution in [0, 0.1) is 5.82 Å². The van der Waals surface area contributed by atoms with Gasteiger partial charge in [-0.3, -0.25) is 4.79 Å². The number of fused-ring (bicyclic) bond motifs is 1. The molecule has 2 aromatic carbocycles. The minimum atomic E-state index is -0.510. The van der Waals surface area contributed by atoms with Crippen molar-refractivity contribution in [2.75, 3.05) is 36.0 Å². The van der Waals surface area contributed by atoms with Crippen LogP contribution in [-0.2, 0) is 0 Å². The Morgan fingerprint density at radius 2 is 1.69 bits per heavy atom. The number of hydrogen-bond acceptors (Lipinski definition) is 5. The normalized spacial score (nSPS) is 14.7. The number of primary amides is 1. The molecule has 7 heteroatoms. The number of carbonyl (C=O) groups excluding carboxylic acids is 1. The molecule has 1 saturated heterocycles. The molecule has 132 valence electrons. The summed E-state index contributed by atoms with van der Waals surface area (Å²) in [5, 5.41) is 0.795. The third-order valence-electron chi connectivity index (χ3n) is 4.73. The van der Waals surface area contributed by atoms with Crippen LogP contribution in [0.15, 0.2) is 48.9 Å². The highest BCUT2D eigenvalue weighted by Gasteiger charge is 2.22. The van der Waals surface area contributed by atoms with Crippen molar-refractivity contribution in [2.24, 2.45) is 5.73 Å². The average Bonchev–Trinajstić information content (AvgIpc) is 2.67. The topological polar surface area (TPSA) is 75.4 Å². The largest absolute Gasteiger partial charge is 0.367 e. The predicted molar refractivity (Wildman–Crippen MR) is 98.9 cm³/mol. The lowest BCUT2D eigenvalue weighted by Crippen LogP contribution is -2.47. The number of nitrogens with zero attached hydrogens (tertiary/aromatic N) is 4. The molecule has 0 unspecified atom stereocenters. The summed E-state index contributed by atoms with van der Waals surface area (Å²) < 4.78 is 14.0. The number of anilines is 2. The number of nitrogens with two attached hydrogens (primary N) is 1. The molecule has 26 heavy (non-hydrogen) atoms. The van der Waals surface area contributed by atoms with E-state index in [0.717, 1.165) is 24.2 Å². The highest BCUT2D eigenvalue weighted by Crippen LogP contribution is 2.29. The van der Waals surface area contributed by atoms with Crippen molar-refractivity contribution < 1.29 is 9.18 Å². The number of amides is 1. The van der Waals surface area contributed by atoms with E-state index >= 15 is 0 Å². The second-order valence-electron chi connectivity index (χ2n) is 6.21. The van der Waals surface area contributed by atoms with E-state index in [1.807, 2.05) is 17.0 Å². The van der Waals surface area contributed by atoms with Crippen LogP contribution in [0.3, 0.4) is 0 Å². The van der Waals surface area contributed by atoms with Crippen molar-refractivity contribution in [3.8, 4) is 0 Å². The third kappa shape index (κ3) is 2.81. The molecular formula is C19H18FN5O. The fourth-order valence-electron chi connectivity index (χ4n) is 3.43. The number of piperazine rings is 1. The van der Waals surface area contributed by atoms with Crippen LogP contribution in [0.5, 0.6) is 0 Å². The van der Waals surface area contributed by atoms with Gasteiger partial charge in [0.1, 0.15) is 12.1 Å². The Bertz CT molecular complexity index is 969. The Morgan fingerprint density at radius 1 is 1.00 bits per heavy atom. The van der Waals surface area contributed by atoms with E-state index in [1.165, 1.54) is 12.4 Å². The van der Waals surface area contributed by atoms with Crippen molar-refractivity contribution in [1.82, 2.24) is 9.97 Å². The molecule has 6 nitrogen and oxygen atoms in total. The summed E-state index contributed by atoms with van der Waals surface area (Å²) >= 11 is 0. The van der Waals surface area contributed by atoms with E-state index < -0.39 is 5.91 Å². The van der Waals surface area contributed by atoms with E-state index in [9.17, 15) is 9.18 Å². The predicted octanol–water partition coefficient (Wildman–Crippen LogP) is 2.19. The lowest BCUT2D eigenvalue weighted by Gasteiger charge is -2.37. The molecule has 2 heterocycles. The summed E-state index contributed by atoms with van der Waals surface area (Å²) in [7, 11) is 0. The highest BCUT2D eigenvalue weighted by molar-refractivity contribution is 6.07. The number of halogens is 1. The fourth-order valence-corrected chi connectivity index (χ4v) is 3.43. The van der Waals surface area contributed by atoms with Gasteiger partial charge in [0.2, 0.25) is 0 Å². The first-order chi connectivity index (χ1) is 12.6. The van der Waals surface area contributed by atoms with Crippen LogP contribution < -0.4 is 15.5 Å².